The minimum absolute atomic E-state index is 0.241. The van der Waals surface area contributed by atoms with Gasteiger partial charge in [-0.2, -0.15) is 0 Å². The molecule has 0 bridgehead atoms. The average Bonchev–Trinajstić information content (AvgIpc) is 2.66. The monoisotopic (exact) mass is 348 g/mol. The number of benzene rings is 2. The number of amides is 1. The molecule has 3 aromatic rings. The van der Waals surface area contributed by atoms with Crippen LogP contribution in [0.1, 0.15) is 21.5 Å². The molecule has 0 aliphatic heterocycles. The van der Waals surface area contributed by atoms with Gasteiger partial charge in [-0.15, -0.1) is 6.58 Å². The van der Waals surface area contributed by atoms with Gasteiger partial charge in [0.05, 0.1) is 5.52 Å². The number of allylic oxidation sites excluding steroid dienone is 1. The van der Waals surface area contributed by atoms with Crippen LogP contribution in [-0.2, 0) is 20.0 Å². The van der Waals surface area contributed by atoms with Crippen LogP contribution < -0.4 is 10.9 Å². The van der Waals surface area contributed by atoms with Crippen LogP contribution in [0, 0.1) is 0 Å². The molecule has 0 unspecified atom stereocenters. The van der Waals surface area contributed by atoms with Crippen molar-refractivity contribution in [2.75, 3.05) is 0 Å². The molecule has 132 valence electrons. The first-order valence-electron chi connectivity index (χ1n) is 8.30. The number of aromatic nitrogens is 1. The Morgan fingerprint density at radius 2 is 1.81 bits per heavy atom. The number of rotatable bonds is 5. The van der Waals surface area contributed by atoms with E-state index < -0.39 is 11.5 Å². The van der Waals surface area contributed by atoms with E-state index in [-0.39, 0.29) is 17.9 Å². The number of nitrogens with one attached hydrogen (secondary N) is 1. The number of aryl methyl sites for hydroxylation is 1. The Hall–Kier alpha value is -3.34. The molecule has 1 amide bonds. The molecule has 1 heterocycles. The van der Waals surface area contributed by atoms with Crippen molar-refractivity contribution >= 4 is 16.8 Å². The number of fused-ring (bicyclic) bond motifs is 1. The van der Waals surface area contributed by atoms with E-state index in [0.717, 1.165) is 17.5 Å². The smallest absolute Gasteiger partial charge is 0.267 e. The third-order valence-electron chi connectivity index (χ3n) is 4.36. The standard InChI is InChI=1S/C21H20N2O3/c1-3-6-14-9-11-15(12-10-14)13-22-20(25)18-19(24)16-7-4-5-8-17(16)23(2)21(18)26/h3-5,7-12,24H,1,6,13H2,2H3,(H,22,25). The lowest BCUT2D eigenvalue weighted by Crippen LogP contribution is -2.32. The summed E-state index contributed by atoms with van der Waals surface area (Å²) in [5.41, 5.74) is 1.85. The van der Waals surface area contributed by atoms with Gasteiger partial charge in [0.15, 0.2) is 0 Å². The van der Waals surface area contributed by atoms with Gasteiger partial charge in [-0.25, -0.2) is 0 Å². The third kappa shape index (κ3) is 3.24. The van der Waals surface area contributed by atoms with E-state index in [4.69, 9.17) is 0 Å². The van der Waals surface area contributed by atoms with E-state index in [1.54, 1.807) is 31.3 Å². The van der Waals surface area contributed by atoms with Gasteiger partial charge in [-0.1, -0.05) is 42.5 Å². The molecular weight excluding hydrogens is 328 g/mol. The number of carbonyl (C=O) groups is 1. The second-order valence-electron chi connectivity index (χ2n) is 6.10. The van der Waals surface area contributed by atoms with Crippen LogP contribution in [0.2, 0.25) is 0 Å². The third-order valence-corrected chi connectivity index (χ3v) is 4.36. The molecule has 5 nitrogen and oxygen atoms in total. The fraction of sp³-hybridized carbons (Fsp3) is 0.143. The lowest BCUT2D eigenvalue weighted by Gasteiger charge is -2.12. The highest BCUT2D eigenvalue weighted by molar-refractivity contribution is 6.02. The number of hydrogen-bond donors (Lipinski definition) is 2. The second-order valence-corrected chi connectivity index (χ2v) is 6.10. The first-order valence-corrected chi connectivity index (χ1v) is 8.30. The first-order chi connectivity index (χ1) is 12.5. The summed E-state index contributed by atoms with van der Waals surface area (Å²) in [7, 11) is 1.58. The minimum Gasteiger partial charge on any atom is -0.506 e. The molecule has 5 heteroatoms. The Morgan fingerprint density at radius 3 is 2.50 bits per heavy atom. The highest BCUT2D eigenvalue weighted by Crippen LogP contribution is 2.25. The van der Waals surface area contributed by atoms with Crippen molar-refractivity contribution in [3.05, 3.63) is 88.2 Å². The normalized spacial score (nSPS) is 10.7. The largest absolute Gasteiger partial charge is 0.506 e. The lowest BCUT2D eigenvalue weighted by atomic mass is 10.1. The maximum absolute atomic E-state index is 12.5. The van der Waals surface area contributed by atoms with Crippen LogP contribution >= 0.6 is 0 Å². The summed E-state index contributed by atoms with van der Waals surface area (Å²) in [4.78, 5) is 25.0. The van der Waals surface area contributed by atoms with E-state index in [9.17, 15) is 14.7 Å². The Morgan fingerprint density at radius 1 is 1.15 bits per heavy atom. The molecule has 0 fully saturated rings. The highest BCUT2D eigenvalue weighted by atomic mass is 16.3. The molecule has 0 aliphatic carbocycles. The fourth-order valence-electron chi connectivity index (χ4n) is 2.91. The van der Waals surface area contributed by atoms with Gasteiger partial charge >= 0.3 is 0 Å². The van der Waals surface area contributed by atoms with E-state index in [1.807, 2.05) is 30.3 Å². The topological polar surface area (TPSA) is 71.3 Å². The van der Waals surface area contributed by atoms with Crippen molar-refractivity contribution in [3.8, 4) is 5.75 Å². The number of pyridine rings is 1. The zero-order chi connectivity index (χ0) is 18.7. The Bertz CT molecular complexity index is 1030. The quantitative estimate of drug-likeness (QED) is 0.697. The predicted octanol–water partition coefficient (Wildman–Crippen LogP) is 2.90. The second kappa shape index (κ2) is 7.27. The van der Waals surface area contributed by atoms with Gasteiger partial charge in [0.1, 0.15) is 11.3 Å². The van der Waals surface area contributed by atoms with Gasteiger partial charge in [0, 0.05) is 19.0 Å². The maximum Gasteiger partial charge on any atom is 0.267 e. The van der Waals surface area contributed by atoms with Crippen LogP contribution in [0.3, 0.4) is 0 Å². The van der Waals surface area contributed by atoms with Crippen molar-refractivity contribution in [3.63, 3.8) is 0 Å². The summed E-state index contributed by atoms with van der Waals surface area (Å²) in [6, 6.07) is 14.7. The van der Waals surface area contributed by atoms with Gasteiger partial charge < -0.3 is 15.0 Å². The number of carbonyl (C=O) groups excluding carboxylic acids is 1. The molecule has 2 aromatic carbocycles. The SMILES string of the molecule is C=CCc1ccc(CNC(=O)c2c(O)c3ccccc3n(C)c2=O)cc1. The van der Waals surface area contributed by atoms with Crippen LogP contribution in [-0.4, -0.2) is 15.6 Å². The first kappa shape index (κ1) is 17.5. The molecule has 0 atom stereocenters. The predicted molar refractivity (Wildman–Crippen MR) is 102 cm³/mol. The van der Waals surface area contributed by atoms with Crippen LogP contribution in [0.25, 0.3) is 10.9 Å². The summed E-state index contributed by atoms with van der Waals surface area (Å²) in [6.07, 6.45) is 2.61. The number of aromatic hydroxyl groups is 1. The zero-order valence-corrected chi connectivity index (χ0v) is 14.5. The van der Waals surface area contributed by atoms with Gasteiger partial charge in [0.2, 0.25) is 0 Å². The van der Waals surface area contributed by atoms with Crippen molar-refractivity contribution in [1.82, 2.24) is 9.88 Å². The number of hydrogen-bond acceptors (Lipinski definition) is 3. The lowest BCUT2D eigenvalue weighted by molar-refractivity contribution is 0.0946. The summed E-state index contributed by atoms with van der Waals surface area (Å²) >= 11 is 0. The Kier molecular flexibility index (Phi) is 4.89. The molecule has 0 aliphatic rings. The van der Waals surface area contributed by atoms with Gasteiger partial charge in [0.25, 0.3) is 11.5 Å². The molecule has 0 spiro atoms. The molecule has 0 radical (unpaired) electrons. The van der Waals surface area contributed by atoms with Gasteiger partial charge in [-0.3, -0.25) is 9.59 Å². The molecule has 1 aromatic heterocycles. The summed E-state index contributed by atoms with van der Waals surface area (Å²) < 4.78 is 1.37. The Labute approximate surface area is 151 Å². The molecule has 3 rings (SSSR count). The number of para-hydroxylation sites is 1. The summed E-state index contributed by atoms with van der Waals surface area (Å²) in [5, 5.41) is 13.6. The maximum atomic E-state index is 12.5. The molecular formula is C21H20N2O3. The molecule has 0 saturated heterocycles. The van der Waals surface area contributed by atoms with Gasteiger partial charge in [-0.05, 0) is 29.7 Å². The van der Waals surface area contributed by atoms with Crippen molar-refractivity contribution < 1.29 is 9.90 Å². The van der Waals surface area contributed by atoms with Crippen LogP contribution in [0.15, 0.2) is 66.0 Å². The van der Waals surface area contributed by atoms with Crippen molar-refractivity contribution in [2.24, 2.45) is 7.05 Å². The molecule has 0 saturated carbocycles. The number of nitrogens with zero attached hydrogens (tertiary/aromatic N) is 1. The zero-order valence-electron chi connectivity index (χ0n) is 14.5. The molecule has 2 N–H and O–H groups in total. The average molecular weight is 348 g/mol. The minimum atomic E-state index is -0.593. The van der Waals surface area contributed by atoms with Crippen LogP contribution in [0.5, 0.6) is 5.75 Å². The van der Waals surface area contributed by atoms with Crippen molar-refractivity contribution in [1.29, 1.82) is 0 Å². The van der Waals surface area contributed by atoms with Crippen LogP contribution in [0.4, 0.5) is 0 Å². The Balaban J connectivity index is 1.86. The van der Waals surface area contributed by atoms with E-state index in [2.05, 4.69) is 11.9 Å². The van der Waals surface area contributed by atoms with E-state index in [1.165, 1.54) is 4.57 Å². The van der Waals surface area contributed by atoms with E-state index >= 15 is 0 Å². The molecule has 26 heavy (non-hydrogen) atoms. The van der Waals surface area contributed by atoms with E-state index in [0.29, 0.717) is 10.9 Å². The summed E-state index contributed by atoms with van der Waals surface area (Å²) in [5.74, 6) is -0.883. The fourth-order valence-corrected chi connectivity index (χ4v) is 2.91. The highest BCUT2D eigenvalue weighted by Gasteiger charge is 2.20. The van der Waals surface area contributed by atoms with Crippen molar-refractivity contribution in [2.45, 2.75) is 13.0 Å². The summed E-state index contributed by atoms with van der Waals surface area (Å²) in [6.45, 7) is 3.97.